The van der Waals surface area contributed by atoms with Gasteiger partial charge in [-0.15, -0.1) is 0 Å². The van der Waals surface area contributed by atoms with E-state index in [2.05, 4.69) is 49.5 Å². The molecule has 0 amide bonds. The van der Waals surface area contributed by atoms with Crippen LogP contribution in [0.25, 0.3) is 0 Å². The molecule has 1 rings (SSSR count). The smallest absolute Gasteiger partial charge is 0.0475 e. The second-order valence-corrected chi connectivity index (χ2v) is 6.06. The summed E-state index contributed by atoms with van der Waals surface area (Å²) in [7, 11) is 2.15. The Hall–Kier alpha value is -0.380. The van der Waals surface area contributed by atoms with Crippen LogP contribution in [-0.2, 0) is 0 Å². The van der Waals surface area contributed by atoms with E-state index in [1.807, 2.05) is 0 Å². The van der Waals surface area contributed by atoms with Gasteiger partial charge in [0.2, 0.25) is 0 Å². The quantitative estimate of drug-likeness (QED) is 0.855. The fraction of sp³-hybridized carbons (Fsp3) is 0.667. The van der Waals surface area contributed by atoms with Crippen LogP contribution < -0.4 is 5.73 Å². The van der Waals surface area contributed by atoms with Gasteiger partial charge in [0.1, 0.15) is 0 Å². The second kappa shape index (κ2) is 5.10. The maximum atomic E-state index is 5.85. The summed E-state index contributed by atoms with van der Waals surface area (Å²) in [5, 5.41) is 4.31. The zero-order chi connectivity index (χ0) is 11.5. The predicted molar refractivity (Wildman–Crippen MR) is 68.2 cm³/mol. The maximum Gasteiger partial charge on any atom is 0.0475 e. The molecule has 2 N–H and O–H groups in total. The molecule has 1 aromatic heterocycles. The molecular formula is C12H22N2S. The zero-order valence-corrected chi connectivity index (χ0v) is 11.0. The predicted octanol–water partition coefficient (Wildman–Crippen LogP) is 2.73. The van der Waals surface area contributed by atoms with Gasteiger partial charge in [0.15, 0.2) is 0 Å². The summed E-state index contributed by atoms with van der Waals surface area (Å²) in [6.07, 6.45) is 0. The lowest BCUT2D eigenvalue weighted by atomic mass is 9.95. The van der Waals surface area contributed by atoms with Crippen molar-refractivity contribution in [2.45, 2.75) is 26.8 Å². The molecule has 0 bridgehead atoms. The Labute approximate surface area is 97.1 Å². The Morgan fingerprint density at radius 1 is 1.47 bits per heavy atom. The third kappa shape index (κ3) is 3.93. The highest BCUT2D eigenvalue weighted by Crippen LogP contribution is 2.24. The first kappa shape index (κ1) is 12.7. The van der Waals surface area contributed by atoms with Gasteiger partial charge in [0.05, 0.1) is 0 Å². The van der Waals surface area contributed by atoms with Gasteiger partial charge in [-0.25, -0.2) is 0 Å². The lowest BCUT2D eigenvalue weighted by Crippen LogP contribution is -2.36. The molecule has 1 heterocycles. The van der Waals surface area contributed by atoms with E-state index >= 15 is 0 Å². The maximum absolute atomic E-state index is 5.85. The number of rotatable bonds is 4. The molecule has 1 atom stereocenters. The van der Waals surface area contributed by atoms with Gasteiger partial charge in [-0.2, -0.15) is 11.3 Å². The summed E-state index contributed by atoms with van der Waals surface area (Å²) >= 11 is 1.74. The molecule has 0 aliphatic heterocycles. The molecule has 0 saturated heterocycles. The SMILES string of the molecule is CN(CC(C)(C)C)C(CN)c1ccsc1. The summed E-state index contributed by atoms with van der Waals surface area (Å²) in [5.41, 5.74) is 7.51. The van der Waals surface area contributed by atoms with E-state index in [4.69, 9.17) is 5.73 Å². The molecule has 0 aromatic carbocycles. The minimum atomic E-state index is 0.318. The molecule has 86 valence electrons. The number of hydrogen-bond acceptors (Lipinski definition) is 3. The van der Waals surface area contributed by atoms with E-state index in [9.17, 15) is 0 Å². The van der Waals surface area contributed by atoms with Crippen LogP contribution in [0.2, 0.25) is 0 Å². The first-order valence-electron chi connectivity index (χ1n) is 5.36. The Balaban J connectivity index is 2.67. The van der Waals surface area contributed by atoms with Crippen molar-refractivity contribution in [2.24, 2.45) is 11.1 Å². The van der Waals surface area contributed by atoms with Gasteiger partial charge in [0.25, 0.3) is 0 Å². The van der Waals surface area contributed by atoms with E-state index in [1.165, 1.54) is 5.56 Å². The Kier molecular flexibility index (Phi) is 4.32. The third-order valence-electron chi connectivity index (χ3n) is 2.41. The summed E-state index contributed by atoms with van der Waals surface area (Å²) in [5.74, 6) is 0. The molecule has 2 nitrogen and oxygen atoms in total. The average molecular weight is 226 g/mol. The minimum Gasteiger partial charge on any atom is -0.329 e. The van der Waals surface area contributed by atoms with Gasteiger partial charge in [-0.3, -0.25) is 4.90 Å². The van der Waals surface area contributed by atoms with Crippen molar-refractivity contribution < 1.29 is 0 Å². The van der Waals surface area contributed by atoms with Crippen LogP contribution in [0.4, 0.5) is 0 Å². The van der Waals surface area contributed by atoms with Gasteiger partial charge in [-0.05, 0) is 34.9 Å². The topological polar surface area (TPSA) is 29.3 Å². The highest BCUT2D eigenvalue weighted by atomic mass is 32.1. The standard InChI is InChI=1S/C12H22N2S/c1-12(2,3)9-14(4)11(7-13)10-5-6-15-8-10/h5-6,8,11H,7,9,13H2,1-4H3. The van der Waals surface area contributed by atoms with Crippen molar-refractivity contribution in [3.63, 3.8) is 0 Å². The largest absolute Gasteiger partial charge is 0.329 e. The Morgan fingerprint density at radius 3 is 2.53 bits per heavy atom. The number of likely N-dealkylation sites (N-methyl/N-ethyl adjacent to an activating group) is 1. The lowest BCUT2D eigenvalue weighted by Gasteiger charge is -2.32. The summed E-state index contributed by atoms with van der Waals surface area (Å²) in [6, 6.07) is 2.52. The van der Waals surface area contributed by atoms with Crippen LogP contribution in [0, 0.1) is 5.41 Å². The highest BCUT2D eigenvalue weighted by molar-refractivity contribution is 7.07. The fourth-order valence-electron chi connectivity index (χ4n) is 1.89. The number of nitrogens with zero attached hydrogens (tertiary/aromatic N) is 1. The monoisotopic (exact) mass is 226 g/mol. The van der Waals surface area contributed by atoms with Crippen LogP contribution in [0.5, 0.6) is 0 Å². The summed E-state index contributed by atoms with van der Waals surface area (Å²) in [6.45, 7) is 8.51. The molecule has 0 aliphatic carbocycles. The molecule has 15 heavy (non-hydrogen) atoms. The van der Waals surface area contributed by atoms with Gasteiger partial charge >= 0.3 is 0 Å². The van der Waals surface area contributed by atoms with Crippen molar-refractivity contribution in [2.75, 3.05) is 20.1 Å². The Morgan fingerprint density at radius 2 is 2.13 bits per heavy atom. The van der Waals surface area contributed by atoms with Crippen LogP contribution in [0.1, 0.15) is 32.4 Å². The van der Waals surface area contributed by atoms with Crippen LogP contribution in [-0.4, -0.2) is 25.0 Å². The first-order valence-corrected chi connectivity index (χ1v) is 6.31. The van der Waals surface area contributed by atoms with Crippen molar-refractivity contribution >= 4 is 11.3 Å². The van der Waals surface area contributed by atoms with Crippen LogP contribution in [0.15, 0.2) is 16.8 Å². The van der Waals surface area contributed by atoms with E-state index in [0.29, 0.717) is 18.0 Å². The van der Waals surface area contributed by atoms with Gasteiger partial charge in [-0.1, -0.05) is 20.8 Å². The fourth-order valence-corrected chi connectivity index (χ4v) is 2.60. The van der Waals surface area contributed by atoms with E-state index in [1.54, 1.807) is 11.3 Å². The van der Waals surface area contributed by atoms with E-state index in [0.717, 1.165) is 6.54 Å². The van der Waals surface area contributed by atoms with Crippen LogP contribution in [0.3, 0.4) is 0 Å². The molecule has 0 spiro atoms. The number of nitrogens with two attached hydrogens (primary N) is 1. The summed E-state index contributed by atoms with van der Waals surface area (Å²) < 4.78 is 0. The zero-order valence-electron chi connectivity index (χ0n) is 10.2. The summed E-state index contributed by atoms with van der Waals surface area (Å²) in [4.78, 5) is 2.35. The lowest BCUT2D eigenvalue weighted by molar-refractivity contribution is 0.176. The molecule has 1 aromatic rings. The first-order chi connectivity index (χ1) is 6.94. The normalized spacial score (nSPS) is 14.5. The minimum absolute atomic E-state index is 0.318. The number of hydrogen-bond donors (Lipinski definition) is 1. The molecule has 1 unspecified atom stereocenters. The second-order valence-electron chi connectivity index (χ2n) is 5.28. The third-order valence-corrected chi connectivity index (χ3v) is 3.11. The molecule has 0 fully saturated rings. The van der Waals surface area contributed by atoms with Crippen molar-refractivity contribution in [1.29, 1.82) is 0 Å². The van der Waals surface area contributed by atoms with Crippen molar-refractivity contribution in [1.82, 2.24) is 4.90 Å². The molecular weight excluding hydrogens is 204 g/mol. The Bertz CT molecular complexity index is 274. The van der Waals surface area contributed by atoms with E-state index in [-0.39, 0.29) is 0 Å². The van der Waals surface area contributed by atoms with Crippen molar-refractivity contribution in [3.05, 3.63) is 22.4 Å². The molecule has 0 radical (unpaired) electrons. The highest BCUT2D eigenvalue weighted by Gasteiger charge is 2.20. The average Bonchev–Trinajstić information content (AvgIpc) is 2.54. The molecule has 3 heteroatoms. The number of thiophene rings is 1. The molecule has 0 saturated carbocycles. The van der Waals surface area contributed by atoms with E-state index < -0.39 is 0 Å². The molecule has 0 aliphatic rings. The van der Waals surface area contributed by atoms with Gasteiger partial charge < -0.3 is 5.73 Å². The van der Waals surface area contributed by atoms with Crippen molar-refractivity contribution in [3.8, 4) is 0 Å². The van der Waals surface area contributed by atoms with Crippen LogP contribution >= 0.6 is 11.3 Å². The van der Waals surface area contributed by atoms with Gasteiger partial charge in [0, 0.05) is 19.1 Å².